The number of esters is 1. The van der Waals surface area contributed by atoms with Gasteiger partial charge < -0.3 is 20.5 Å². The number of nitrogens with one attached hydrogen (secondary N) is 1. The van der Waals surface area contributed by atoms with E-state index in [1.807, 2.05) is 18.2 Å². The average molecular weight is 387 g/mol. The lowest BCUT2D eigenvalue weighted by Gasteiger charge is -2.17. The van der Waals surface area contributed by atoms with Crippen molar-refractivity contribution in [1.82, 2.24) is 5.32 Å². The Morgan fingerprint density at radius 3 is 2.50 bits per heavy atom. The molecule has 148 valence electrons. The normalized spacial score (nSPS) is 11.4. The minimum absolute atomic E-state index is 0.0188. The molecule has 0 fully saturated rings. The Bertz CT molecular complexity index is 869. The monoisotopic (exact) mass is 387 g/mol. The summed E-state index contributed by atoms with van der Waals surface area (Å²) >= 11 is 0. The maximum absolute atomic E-state index is 12.1. The minimum Gasteiger partial charge on any atom is -0.467 e. The van der Waals surface area contributed by atoms with Crippen LogP contribution in [0.3, 0.4) is 0 Å². The summed E-state index contributed by atoms with van der Waals surface area (Å²) in [4.78, 5) is 34.7. The second kappa shape index (κ2) is 9.36. The molecule has 2 rings (SSSR count). The Labute approximate surface area is 161 Å². The number of benzene rings is 2. The van der Waals surface area contributed by atoms with E-state index < -0.39 is 23.0 Å². The lowest BCUT2D eigenvalue weighted by Crippen LogP contribution is -2.43. The van der Waals surface area contributed by atoms with Gasteiger partial charge in [-0.2, -0.15) is 0 Å². The van der Waals surface area contributed by atoms with Gasteiger partial charge in [0.05, 0.1) is 12.0 Å². The largest absolute Gasteiger partial charge is 0.467 e. The van der Waals surface area contributed by atoms with Crippen molar-refractivity contribution in [3.8, 4) is 0 Å². The van der Waals surface area contributed by atoms with Gasteiger partial charge in [-0.25, -0.2) is 9.59 Å². The molecule has 0 aromatic heterocycles. The van der Waals surface area contributed by atoms with E-state index in [4.69, 9.17) is 15.2 Å². The van der Waals surface area contributed by atoms with E-state index >= 15 is 0 Å². The second-order valence-electron chi connectivity index (χ2n) is 6.09. The number of methoxy groups -OCH3 is 1. The van der Waals surface area contributed by atoms with Gasteiger partial charge in [0.15, 0.2) is 0 Å². The van der Waals surface area contributed by atoms with Crippen molar-refractivity contribution in [2.75, 3.05) is 12.8 Å². The molecule has 0 saturated heterocycles. The van der Waals surface area contributed by atoms with Crippen molar-refractivity contribution in [2.24, 2.45) is 0 Å². The van der Waals surface area contributed by atoms with Crippen LogP contribution in [-0.2, 0) is 27.3 Å². The highest BCUT2D eigenvalue weighted by Crippen LogP contribution is 2.27. The molecular weight excluding hydrogens is 366 g/mol. The SMILES string of the molecule is COC(=O)[C@@H](Cc1cc(C)c(N)c([N+](=O)[O-])c1)NC(=O)OCc1ccccc1. The summed E-state index contributed by atoms with van der Waals surface area (Å²) in [6.07, 6.45) is -0.823. The number of nitrogens with two attached hydrogens (primary N) is 1. The van der Waals surface area contributed by atoms with Crippen LogP contribution in [-0.4, -0.2) is 30.1 Å². The van der Waals surface area contributed by atoms with Crippen LogP contribution in [0.5, 0.6) is 0 Å². The van der Waals surface area contributed by atoms with Crippen LogP contribution in [0.25, 0.3) is 0 Å². The fourth-order valence-electron chi connectivity index (χ4n) is 2.60. The lowest BCUT2D eigenvalue weighted by molar-refractivity contribution is -0.384. The van der Waals surface area contributed by atoms with Gasteiger partial charge in [-0.3, -0.25) is 10.1 Å². The molecule has 28 heavy (non-hydrogen) atoms. The molecule has 0 heterocycles. The molecule has 0 unspecified atom stereocenters. The Morgan fingerprint density at radius 1 is 1.21 bits per heavy atom. The third-order valence-electron chi connectivity index (χ3n) is 4.05. The molecular formula is C19H21N3O6. The summed E-state index contributed by atoms with van der Waals surface area (Å²) in [6, 6.07) is 10.9. The molecule has 1 atom stereocenters. The number of nitrogen functional groups attached to an aromatic ring is 1. The number of ether oxygens (including phenoxy) is 2. The number of rotatable bonds is 7. The number of carbonyl (C=O) groups excluding carboxylic acids is 2. The van der Waals surface area contributed by atoms with Gasteiger partial charge in [0.2, 0.25) is 0 Å². The van der Waals surface area contributed by atoms with Crippen molar-refractivity contribution in [2.45, 2.75) is 26.0 Å². The first-order valence-electron chi connectivity index (χ1n) is 8.40. The summed E-state index contributed by atoms with van der Waals surface area (Å²) in [7, 11) is 1.18. The highest BCUT2D eigenvalue weighted by molar-refractivity contribution is 5.81. The number of nitro groups is 1. The van der Waals surface area contributed by atoms with Crippen molar-refractivity contribution >= 4 is 23.4 Å². The standard InChI is InChI=1S/C19H21N3O6/c1-12-8-14(10-16(17(12)20)22(25)26)9-15(18(23)27-2)21-19(24)28-11-13-6-4-3-5-7-13/h3-8,10,15H,9,11,20H2,1-2H3,(H,21,24)/t15-/m1/s1. The highest BCUT2D eigenvalue weighted by atomic mass is 16.6. The molecule has 3 N–H and O–H groups in total. The van der Waals surface area contributed by atoms with Gasteiger partial charge >= 0.3 is 12.1 Å². The second-order valence-corrected chi connectivity index (χ2v) is 6.09. The topological polar surface area (TPSA) is 134 Å². The number of carbonyl (C=O) groups is 2. The van der Waals surface area contributed by atoms with Crippen LogP contribution in [0, 0.1) is 17.0 Å². The highest BCUT2D eigenvalue weighted by Gasteiger charge is 2.25. The molecule has 0 aliphatic carbocycles. The first-order chi connectivity index (χ1) is 13.3. The number of amides is 1. The fraction of sp³-hybridized carbons (Fsp3) is 0.263. The molecule has 0 aliphatic heterocycles. The van der Waals surface area contributed by atoms with Gasteiger partial charge in [0.25, 0.3) is 5.69 Å². The molecule has 0 radical (unpaired) electrons. The van der Waals surface area contributed by atoms with Crippen molar-refractivity contribution in [3.63, 3.8) is 0 Å². The third kappa shape index (κ3) is 5.44. The van der Waals surface area contributed by atoms with E-state index in [9.17, 15) is 19.7 Å². The molecule has 0 aliphatic rings. The predicted octanol–water partition coefficient (Wildman–Crippen LogP) is 2.50. The Kier molecular flexibility index (Phi) is 6.91. The maximum Gasteiger partial charge on any atom is 0.408 e. The van der Waals surface area contributed by atoms with E-state index in [1.165, 1.54) is 13.2 Å². The van der Waals surface area contributed by atoms with Crippen LogP contribution in [0.15, 0.2) is 42.5 Å². The molecule has 1 amide bonds. The van der Waals surface area contributed by atoms with E-state index in [0.717, 1.165) is 5.56 Å². The van der Waals surface area contributed by atoms with Crippen molar-refractivity contribution in [3.05, 3.63) is 69.3 Å². The molecule has 0 bridgehead atoms. The Morgan fingerprint density at radius 2 is 1.89 bits per heavy atom. The van der Waals surface area contributed by atoms with Crippen LogP contribution >= 0.6 is 0 Å². The van der Waals surface area contributed by atoms with Crippen LogP contribution in [0.1, 0.15) is 16.7 Å². The summed E-state index contributed by atoms with van der Waals surface area (Å²) in [5, 5.41) is 13.6. The van der Waals surface area contributed by atoms with E-state index in [-0.39, 0.29) is 24.4 Å². The van der Waals surface area contributed by atoms with Gasteiger partial charge in [-0.1, -0.05) is 36.4 Å². The molecule has 0 spiro atoms. The number of alkyl carbamates (subject to hydrolysis) is 1. The zero-order chi connectivity index (χ0) is 20.7. The number of nitrogens with zero attached hydrogens (tertiary/aromatic N) is 1. The van der Waals surface area contributed by atoms with Gasteiger partial charge in [-0.05, 0) is 23.6 Å². The van der Waals surface area contributed by atoms with Crippen molar-refractivity contribution < 1.29 is 24.0 Å². The van der Waals surface area contributed by atoms with E-state index in [1.54, 1.807) is 25.1 Å². The first-order valence-corrected chi connectivity index (χ1v) is 8.40. The third-order valence-corrected chi connectivity index (χ3v) is 4.05. The number of anilines is 1. The number of hydrogen-bond donors (Lipinski definition) is 2. The summed E-state index contributed by atoms with van der Waals surface area (Å²) in [6.45, 7) is 1.66. The number of aryl methyl sites for hydroxylation is 1. The predicted molar refractivity (Wildman–Crippen MR) is 102 cm³/mol. The zero-order valence-corrected chi connectivity index (χ0v) is 15.5. The quantitative estimate of drug-likeness (QED) is 0.323. The average Bonchev–Trinajstić information content (AvgIpc) is 2.68. The van der Waals surface area contributed by atoms with E-state index in [0.29, 0.717) is 11.1 Å². The van der Waals surface area contributed by atoms with Crippen LogP contribution < -0.4 is 11.1 Å². The summed E-state index contributed by atoms with van der Waals surface area (Å²) in [5.41, 5.74) is 7.26. The number of nitro benzene ring substituents is 1. The molecule has 9 heteroatoms. The number of hydrogen-bond acceptors (Lipinski definition) is 7. The van der Waals surface area contributed by atoms with Gasteiger partial charge in [0.1, 0.15) is 18.3 Å². The maximum atomic E-state index is 12.1. The minimum atomic E-state index is -1.07. The summed E-state index contributed by atoms with van der Waals surface area (Å²) < 4.78 is 9.82. The van der Waals surface area contributed by atoms with Gasteiger partial charge in [-0.15, -0.1) is 0 Å². The zero-order valence-electron chi connectivity index (χ0n) is 15.5. The van der Waals surface area contributed by atoms with Crippen LogP contribution in [0.4, 0.5) is 16.2 Å². The van der Waals surface area contributed by atoms with E-state index in [2.05, 4.69) is 5.32 Å². The lowest BCUT2D eigenvalue weighted by atomic mass is 10.0. The first kappa shape index (κ1) is 20.7. The van der Waals surface area contributed by atoms with Crippen molar-refractivity contribution in [1.29, 1.82) is 0 Å². The molecule has 9 nitrogen and oxygen atoms in total. The Balaban J connectivity index is 2.10. The smallest absolute Gasteiger partial charge is 0.408 e. The molecule has 0 saturated carbocycles. The fourth-order valence-corrected chi connectivity index (χ4v) is 2.60. The van der Waals surface area contributed by atoms with Gasteiger partial charge in [0, 0.05) is 12.5 Å². The summed E-state index contributed by atoms with van der Waals surface area (Å²) in [5.74, 6) is -0.700. The Hall–Kier alpha value is -3.62. The molecule has 2 aromatic rings. The molecule has 2 aromatic carbocycles. The van der Waals surface area contributed by atoms with Crippen LogP contribution in [0.2, 0.25) is 0 Å².